The third-order valence-electron chi connectivity index (χ3n) is 3.84. The van der Waals surface area contributed by atoms with Crippen LogP contribution >= 0.6 is 11.6 Å². The third-order valence-corrected chi connectivity index (χ3v) is 4.28. The van der Waals surface area contributed by atoms with Gasteiger partial charge in [-0.3, -0.25) is 0 Å². The molecule has 2 aromatic carbocycles. The molecular formula is C18H18ClF3. The second kappa shape index (κ2) is 7.19. The van der Waals surface area contributed by atoms with E-state index >= 15 is 0 Å². The van der Waals surface area contributed by atoms with E-state index in [0.29, 0.717) is 17.9 Å². The maximum atomic E-state index is 12.8. The first-order valence-electron chi connectivity index (χ1n) is 7.29. The fourth-order valence-electron chi connectivity index (χ4n) is 2.54. The minimum absolute atomic E-state index is 0.164. The fraction of sp³-hybridized carbons (Fsp3) is 0.333. The minimum Gasteiger partial charge on any atom is -0.166 e. The normalized spacial score (nSPS) is 13.1. The average Bonchev–Trinajstić information content (AvgIpc) is 2.48. The molecule has 0 spiro atoms. The van der Waals surface area contributed by atoms with Gasteiger partial charge in [-0.15, -0.1) is 0 Å². The average molecular weight is 327 g/mol. The zero-order valence-corrected chi connectivity index (χ0v) is 13.1. The summed E-state index contributed by atoms with van der Waals surface area (Å²) >= 11 is 5.91. The van der Waals surface area contributed by atoms with E-state index in [4.69, 9.17) is 11.6 Å². The molecule has 0 unspecified atom stereocenters. The molecule has 4 heteroatoms. The lowest BCUT2D eigenvalue weighted by molar-refractivity contribution is -0.137. The Morgan fingerprint density at radius 3 is 2.32 bits per heavy atom. The van der Waals surface area contributed by atoms with Crippen LogP contribution < -0.4 is 0 Å². The van der Waals surface area contributed by atoms with Crippen LogP contribution in [0.4, 0.5) is 13.2 Å². The van der Waals surface area contributed by atoms with Crippen LogP contribution in [0.5, 0.6) is 0 Å². The van der Waals surface area contributed by atoms with Gasteiger partial charge in [0.1, 0.15) is 0 Å². The molecule has 0 N–H and O–H groups in total. The third kappa shape index (κ3) is 4.26. The van der Waals surface area contributed by atoms with Gasteiger partial charge < -0.3 is 0 Å². The zero-order valence-electron chi connectivity index (χ0n) is 12.3. The van der Waals surface area contributed by atoms with Crippen LogP contribution in [0, 0.1) is 0 Å². The summed E-state index contributed by atoms with van der Waals surface area (Å²) in [6.07, 6.45) is -2.13. The van der Waals surface area contributed by atoms with E-state index in [1.54, 1.807) is 6.07 Å². The first-order chi connectivity index (χ1) is 10.4. The lowest BCUT2D eigenvalue weighted by atomic mass is 9.94. The van der Waals surface area contributed by atoms with Crippen molar-refractivity contribution in [2.45, 2.75) is 38.3 Å². The molecule has 0 saturated carbocycles. The molecule has 118 valence electrons. The summed E-state index contributed by atoms with van der Waals surface area (Å²) in [5.41, 5.74) is 1.07. The lowest BCUT2D eigenvalue weighted by Gasteiger charge is -2.14. The van der Waals surface area contributed by atoms with Crippen molar-refractivity contribution < 1.29 is 13.2 Å². The molecule has 0 aliphatic carbocycles. The van der Waals surface area contributed by atoms with E-state index in [9.17, 15) is 13.2 Å². The monoisotopic (exact) mass is 326 g/mol. The number of benzene rings is 2. The summed E-state index contributed by atoms with van der Waals surface area (Å²) in [7, 11) is 0. The Morgan fingerprint density at radius 2 is 1.68 bits per heavy atom. The fourth-order valence-corrected chi connectivity index (χ4v) is 2.87. The highest BCUT2D eigenvalue weighted by molar-refractivity contribution is 6.32. The SMILES string of the molecule is C[C@@H](CCCc1cccc(C(F)(F)F)c1Cl)c1ccccc1. The molecule has 0 aromatic heterocycles. The van der Waals surface area contributed by atoms with Gasteiger partial charge in [0.2, 0.25) is 0 Å². The molecule has 0 amide bonds. The van der Waals surface area contributed by atoms with Crippen LogP contribution in [-0.4, -0.2) is 0 Å². The van der Waals surface area contributed by atoms with Gasteiger partial charge in [-0.1, -0.05) is 61.0 Å². The molecule has 0 nitrogen and oxygen atoms in total. The van der Waals surface area contributed by atoms with Crippen molar-refractivity contribution in [3.05, 3.63) is 70.2 Å². The largest absolute Gasteiger partial charge is 0.417 e. The number of aryl methyl sites for hydroxylation is 1. The molecule has 1 atom stereocenters. The maximum Gasteiger partial charge on any atom is 0.417 e. The number of alkyl halides is 3. The maximum absolute atomic E-state index is 12.8. The molecule has 2 aromatic rings. The summed E-state index contributed by atoms with van der Waals surface area (Å²) in [5, 5.41) is -0.164. The molecule has 0 aliphatic heterocycles. The number of halogens is 4. The van der Waals surface area contributed by atoms with Gasteiger partial charge in [0.05, 0.1) is 10.6 Å². The highest BCUT2D eigenvalue weighted by Crippen LogP contribution is 2.36. The van der Waals surface area contributed by atoms with Gasteiger partial charge in [0.15, 0.2) is 0 Å². The predicted molar refractivity (Wildman–Crippen MR) is 84.2 cm³/mol. The number of rotatable bonds is 5. The Morgan fingerprint density at radius 1 is 1.00 bits per heavy atom. The molecule has 0 saturated heterocycles. The summed E-state index contributed by atoms with van der Waals surface area (Å²) < 4.78 is 38.4. The molecule has 2 rings (SSSR count). The molecule has 0 fully saturated rings. The Bertz CT molecular complexity index is 605. The first-order valence-corrected chi connectivity index (χ1v) is 7.67. The topological polar surface area (TPSA) is 0 Å². The van der Waals surface area contributed by atoms with Crippen molar-refractivity contribution in [2.24, 2.45) is 0 Å². The van der Waals surface area contributed by atoms with E-state index in [2.05, 4.69) is 19.1 Å². The highest BCUT2D eigenvalue weighted by Gasteiger charge is 2.33. The summed E-state index contributed by atoms with van der Waals surface area (Å²) in [4.78, 5) is 0. The van der Waals surface area contributed by atoms with Crippen molar-refractivity contribution in [1.29, 1.82) is 0 Å². The van der Waals surface area contributed by atoms with Gasteiger partial charge >= 0.3 is 6.18 Å². The Balaban J connectivity index is 1.98. The molecule has 0 aliphatic rings. The van der Waals surface area contributed by atoms with Gasteiger partial charge in [0.25, 0.3) is 0 Å². The van der Waals surface area contributed by atoms with E-state index in [1.165, 1.54) is 11.6 Å². The van der Waals surface area contributed by atoms with Gasteiger partial charge in [-0.05, 0) is 42.4 Å². The van der Waals surface area contributed by atoms with E-state index in [1.807, 2.05) is 18.2 Å². The minimum atomic E-state index is -4.40. The van der Waals surface area contributed by atoms with E-state index in [0.717, 1.165) is 18.9 Å². The van der Waals surface area contributed by atoms with Crippen LogP contribution in [-0.2, 0) is 12.6 Å². The molecule has 22 heavy (non-hydrogen) atoms. The van der Waals surface area contributed by atoms with E-state index in [-0.39, 0.29) is 5.02 Å². The molecule has 0 radical (unpaired) electrons. The lowest BCUT2D eigenvalue weighted by Crippen LogP contribution is -2.07. The zero-order chi connectivity index (χ0) is 16.2. The van der Waals surface area contributed by atoms with Crippen LogP contribution in [0.2, 0.25) is 5.02 Å². The summed E-state index contributed by atoms with van der Waals surface area (Å²) in [5.74, 6) is 0.380. The second-order valence-corrected chi connectivity index (χ2v) is 5.86. The van der Waals surface area contributed by atoms with Crippen LogP contribution in [0.25, 0.3) is 0 Å². The Hall–Kier alpha value is -1.48. The van der Waals surface area contributed by atoms with Gasteiger partial charge in [-0.25, -0.2) is 0 Å². The van der Waals surface area contributed by atoms with Crippen LogP contribution in [0.15, 0.2) is 48.5 Å². The van der Waals surface area contributed by atoms with Crippen LogP contribution in [0.1, 0.15) is 42.4 Å². The first kappa shape index (κ1) is 16.9. The standard InChI is InChI=1S/C18H18ClF3/c1-13(14-8-3-2-4-9-14)7-5-10-15-11-6-12-16(17(15)19)18(20,21)22/h2-4,6,8-9,11-13H,5,7,10H2,1H3/t13-/m0/s1. The Kier molecular flexibility index (Phi) is 5.52. The quantitative estimate of drug-likeness (QED) is 0.589. The summed E-state index contributed by atoms with van der Waals surface area (Å²) in [6.45, 7) is 2.13. The van der Waals surface area contributed by atoms with Crippen molar-refractivity contribution >= 4 is 11.6 Å². The van der Waals surface area contributed by atoms with Gasteiger partial charge in [-0.2, -0.15) is 13.2 Å². The number of hydrogen-bond acceptors (Lipinski definition) is 0. The van der Waals surface area contributed by atoms with Gasteiger partial charge in [0, 0.05) is 0 Å². The molecule has 0 bridgehead atoms. The van der Waals surface area contributed by atoms with Crippen LogP contribution in [0.3, 0.4) is 0 Å². The van der Waals surface area contributed by atoms with Crippen molar-refractivity contribution in [3.63, 3.8) is 0 Å². The van der Waals surface area contributed by atoms with Crippen molar-refractivity contribution in [2.75, 3.05) is 0 Å². The Labute approximate surface area is 133 Å². The number of hydrogen-bond donors (Lipinski definition) is 0. The molecular weight excluding hydrogens is 309 g/mol. The highest BCUT2D eigenvalue weighted by atomic mass is 35.5. The van der Waals surface area contributed by atoms with E-state index < -0.39 is 11.7 Å². The smallest absolute Gasteiger partial charge is 0.166 e. The molecule has 0 heterocycles. The van der Waals surface area contributed by atoms with Crippen molar-refractivity contribution in [3.8, 4) is 0 Å². The van der Waals surface area contributed by atoms with Crippen molar-refractivity contribution in [1.82, 2.24) is 0 Å². The second-order valence-electron chi connectivity index (χ2n) is 5.48. The predicted octanol–water partition coefficient (Wildman–Crippen LogP) is 6.49. The summed E-state index contributed by atoms with van der Waals surface area (Å²) in [6, 6.07) is 14.2.